The maximum Gasteiger partial charge on any atom is 0.339 e. The van der Waals surface area contributed by atoms with Crippen molar-refractivity contribution in [2.24, 2.45) is 0 Å². The fraction of sp³-hybridized carbons (Fsp3) is 0.500. The molecule has 3 N–H and O–H groups in total. The summed E-state index contributed by atoms with van der Waals surface area (Å²) in [4.78, 5) is 17.3. The van der Waals surface area contributed by atoms with Gasteiger partial charge in [0.05, 0.1) is 18.0 Å². The summed E-state index contributed by atoms with van der Waals surface area (Å²) < 4.78 is 5.29. The van der Waals surface area contributed by atoms with Gasteiger partial charge in [-0.1, -0.05) is 0 Å². The van der Waals surface area contributed by atoms with Gasteiger partial charge in [-0.2, -0.15) is 0 Å². The van der Waals surface area contributed by atoms with Crippen molar-refractivity contribution in [1.82, 2.24) is 4.98 Å². The summed E-state index contributed by atoms with van der Waals surface area (Å²) >= 11 is 0. The van der Waals surface area contributed by atoms with Crippen molar-refractivity contribution in [2.45, 2.75) is 18.9 Å². The molecule has 1 aromatic heterocycles. The third-order valence-electron chi connectivity index (χ3n) is 3.19. The van der Waals surface area contributed by atoms with Gasteiger partial charge in [-0.05, 0) is 18.9 Å². The van der Waals surface area contributed by atoms with E-state index in [1.807, 2.05) is 4.90 Å². The van der Waals surface area contributed by atoms with Crippen LogP contribution in [0.1, 0.15) is 23.2 Å². The molecule has 2 heterocycles. The van der Waals surface area contributed by atoms with Crippen LogP contribution < -0.4 is 10.6 Å². The van der Waals surface area contributed by atoms with Crippen LogP contribution in [-0.2, 0) is 4.74 Å². The van der Waals surface area contributed by atoms with Gasteiger partial charge in [0, 0.05) is 20.2 Å². The molecule has 0 amide bonds. The Morgan fingerprint density at radius 1 is 1.56 bits per heavy atom. The van der Waals surface area contributed by atoms with Gasteiger partial charge in [-0.25, -0.2) is 9.78 Å². The molecule has 0 aliphatic carbocycles. The fourth-order valence-electron chi connectivity index (χ4n) is 2.19. The van der Waals surface area contributed by atoms with E-state index in [0.29, 0.717) is 11.5 Å². The van der Waals surface area contributed by atoms with Gasteiger partial charge >= 0.3 is 5.97 Å². The number of aromatic carboxylic acids is 1. The molecule has 0 atom stereocenters. The van der Waals surface area contributed by atoms with Crippen molar-refractivity contribution in [3.05, 3.63) is 17.8 Å². The lowest BCUT2D eigenvalue weighted by Gasteiger charge is -2.32. The van der Waals surface area contributed by atoms with Crippen LogP contribution in [0.4, 0.5) is 11.5 Å². The Kier molecular flexibility index (Phi) is 3.66. The van der Waals surface area contributed by atoms with Gasteiger partial charge in [-0.3, -0.25) is 0 Å². The van der Waals surface area contributed by atoms with Gasteiger partial charge in [-0.15, -0.1) is 0 Å². The van der Waals surface area contributed by atoms with Crippen molar-refractivity contribution >= 4 is 17.5 Å². The summed E-state index contributed by atoms with van der Waals surface area (Å²) in [5.41, 5.74) is 6.10. The number of nitrogen functional groups attached to an aromatic ring is 1. The van der Waals surface area contributed by atoms with Crippen molar-refractivity contribution < 1.29 is 14.6 Å². The second kappa shape index (κ2) is 5.22. The van der Waals surface area contributed by atoms with Gasteiger partial charge in [0.25, 0.3) is 0 Å². The summed E-state index contributed by atoms with van der Waals surface area (Å²) in [5, 5.41) is 9.17. The van der Waals surface area contributed by atoms with Crippen LogP contribution in [0.3, 0.4) is 0 Å². The topological polar surface area (TPSA) is 88.7 Å². The number of pyridine rings is 1. The SMILES string of the molecule is COC1CCN(c2ncc(N)cc2C(=O)O)CC1. The smallest absolute Gasteiger partial charge is 0.339 e. The zero-order valence-corrected chi connectivity index (χ0v) is 10.3. The largest absolute Gasteiger partial charge is 0.478 e. The molecule has 1 aliphatic rings. The first-order valence-electron chi connectivity index (χ1n) is 5.88. The third-order valence-corrected chi connectivity index (χ3v) is 3.19. The average molecular weight is 251 g/mol. The van der Waals surface area contributed by atoms with Gasteiger partial charge in [0.1, 0.15) is 11.4 Å². The minimum atomic E-state index is -1.00. The predicted octanol–water partition coefficient (Wildman–Crippen LogP) is 0.977. The molecule has 0 saturated carbocycles. The minimum absolute atomic E-state index is 0.158. The first-order valence-corrected chi connectivity index (χ1v) is 5.88. The van der Waals surface area contributed by atoms with Gasteiger partial charge in [0.15, 0.2) is 0 Å². The van der Waals surface area contributed by atoms with Crippen LogP contribution >= 0.6 is 0 Å². The minimum Gasteiger partial charge on any atom is -0.478 e. The summed E-state index contributed by atoms with van der Waals surface area (Å²) in [5.74, 6) is -0.509. The van der Waals surface area contributed by atoms with E-state index in [1.165, 1.54) is 12.3 Å². The number of anilines is 2. The molecule has 0 spiro atoms. The summed E-state index contributed by atoms with van der Waals surface area (Å²) in [6, 6.07) is 1.45. The van der Waals surface area contributed by atoms with Gasteiger partial charge in [0.2, 0.25) is 0 Å². The Hall–Kier alpha value is -1.82. The number of carbonyl (C=O) groups is 1. The van der Waals surface area contributed by atoms with E-state index in [4.69, 9.17) is 10.5 Å². The molecule has 0 aromatic carbocycles. The van der Waals surface area contributed by atoms with Crippen LogP contribution in [0.5, 0.6) is 0 Å². The number of nitrogens with zero attached hydrogens (tertiary/aromatic N) is 2. The number of carboxylic acid groups (broad SMARTS) is 1. The first-order chi connectivity index (χ1) is 8.61. The lowest BCUT2D eigenvalue weighted by atomic mass is 10.1. The molecule has 98 valence electrons. The van der Waals surface area contributed by atoms with E-state index in [-0.39, 0.29) is 11.7 Å². The molecule has 1 fully saturated rings. The zero-order chi connectivity index (χ0) is 13.1. The van der Waals surface area contributed by atoms with Crippen molar-refractivity contribution in [2.75, 3.05) is 30.8 Å². The molecule has 1 saturated heterocycles. The Morgan fingerprint density at radius 2 is 2.22 bits per heavy atom. The summed E-state index contributed by atoms with van der Waals surface area (Å²) in [6.45, 7) is 1.49. The molecule has 6 heteroatoms. The third kappa shape index (κ3) is 2.53. The highest BCUT2D eigenvalue weighted by Crippen LogP contribution is 2.24. The molecule has 0 bridgehead atoms. The monoisotopic (exact) mass is 251 g/mol. The molecule has 1 aliphatic heterocycles. The lowest BCUT2D eigenvalue weighted by Crippen LogP contribution is -2.38. The van der Waals surface area contributed by atoms with Crippen LogP contribution in [0.2, 0.25) is 0 Å². The number of hydrogen-bond donors (Lipinski definition) is 2. The number of rotatable bonds is 3. The molecule has 0 unspecified atom stereocenters. The number of ether oxygens (including phenoxy) is 1. The van der Waals surface area contributed by atoms with Gasteiger partial charge < -0.3 is 20.5 Å². The van der Waals surface area contributed by atoms with E-state index in [0.717, 1.165) is 25.9 Å². The number of carboxylic acids is 1. The van der Waals surface area contributed by atoms with Crippen molar-refractivity contribution in [3.63, 3.8) is 0 Å². The quantitative estimate of drug-likeness (QED) is 0.832. The van der Waals surface area contributed by atoms with E-state index < -0.39 is 5.97 Å². The van der Waals surface area contributed by atoms with Crippen molar-refractivity contribution in [1.29, 1.82) is 0 Å². The molecule has 0 radical (unpaired) electrons. The highest BCUT2D eigenvalue weighted by Gasteiger charge is 2.23. The Bertz CT molecular complexity index is 442. The summed E-state index contributed by atoms with van der Waals surface area (Å²) in [7, 11) is 1.70. The van der Waals surface area contributed by atoms with E-state index in [1.54, 1.807) is 7.11 Å². The first kappa shape index (κ1) is 12.6. The fourth-order valence-corrected chi connectivity index (χ4v) is 2.19. The second-order valence-electron chi connectivity index (χ2n) is 4.37. The molecular formula is C12H17N3O3. The highest BCUT2D eigenvalue weighted by molar-refractivity contribution is 5.94. The standard InChI is InChI=1S/C12H17N3O3/c1-18-9-2-4-15(5-3-9)11-10(12(16)17)6-8(13)7-14-11/h6-7,9H,2-5,13H2,1H3,(H,16,17). The maximum atomic E-state index is 11.2. The number of aromatic nitrogens is 1. The van der Waals surface area contributed by atoms with Crippen molar-refractivity contribution in [3.8, 4) is 0 Å². The molecular weight excluding hydrogens is 234 g/mol. The average Bonchev–Trinajstić information content (AvgIpc) is 2.39. The zero-order valence-electron chi connectivity index (χ0n) is 10.3. The van der Waals surface area contributed by atoms with E-state index in [2.05, 4.69) is 4.98 Å². The number of piperidine rings is 1. The van der Waals surface area contributed by atoms with Crippen LogP contribution in [0, 0.1) is 0 Å². The normalized spacial score (nSPS) is 16.8. The second-order valence-corrected chi connectivity index (χ2v) is 4.37. The summed E-state index contributed by atoms with van der Waals surface area (Å²) in [6.07, 6.45) is 3.50. The van der Waals surface area contributed by atoms with Crippen LogP contribution in [0.25, 0.3) is 0 Å². The Labute approximate surface area is 105 Å². The van der Waals surface area contributed by atoms with Crippen LogP contribution in [0.15, 0.2) is 12.3 Å². The molecule has 18 heavy (non-hydrogen) atoms. The molecule has 1 aromatic rings. The van der Waals surface area contributed by atoms with E-state index in [9.17, 15) is 9.90 Å². The Morgan fingerprint density at radius 3 is 2.78 bits per heavy atom. The Balaban J connectivity index is 2.21. The molecule has 6 nitrogen and oxygen atoms in total. The number of nitrogens with two attached hydrogens (primary N) is 1. The number of hydrogen-bond acceptors (Lipinski definition) is 5. The maximum absolute atomic E-state index is 11.2. The highest BCUT2D eigenvalue weighted by atomic mass is 16.5. The molecule has 2 rings (SSSR count). The number of methoxy groups -OCH3 is 1. The lowest BCUT2D eigenvalue weighted by molar-refractivity contribution is 0.0696. The van der Waals surface area contributed by atoms with E-state index >= 15 is 0 Å². The predicted molar refractivity (Wildman–Crippen MR) is 67.9 cm³/mol. The van der Waals surface area contributed by atoms with Crippen LogP contribution in [-0.4, -0.2) is 42.4 Å².